The van der Waals surface area contributed by atoms with Gasteiger partial charge in [0.05, 0.1) is 25.3 Å². The number of aliphatic carboxylic acids is 2. The summed E-state index contributed by atoms with van der Waals surface area (Å²) in [5.74, 6) is -18.6. The van der Waals surface area contributed by atoms with Crippen molar-refractivity contribution in [2.24, 2.45) is 39.8 Å². The first kappa shape index (κ1) is 98.8. The maximum atomic E-state index is 14.6. The third-order valence-electron chi connectivity index (χ3n) is 17.2. The van der Waals surface area contributed by atoms with E-state index in [0.29, 0.717) is 23.2 Å². The molecule has 1 aromatic heterocycles. The molecule has 0 saturated carbocycles. The summed E-state index contributed by atoms with van der Waals surface area (Å²) in [5.41, 5.74) is 23.8. The highest BCUT2D eigenvalue weighted by molar-refractivity contribution is 7.80. The molecule has 1 heterocycles. The number of carbonyl (C=O) groups is 16. The van der Waals surface area contributed by atoms with E-state index in [0.717, 1.165) is 0 Å². The van der Waals surface area contributed by atoms with Crippen LogP contribution in [0.4, 0.5) is 0 Å². The highest BCUT2D eigenvalue weighted by Gasteiger charge is 2.38. The molecule has 3 aromatic rings. The number of carboxylic acids is 2. The molecule has 40 nitrogen and oxygen atoms in total. The monoisotopic (exact) mass is 1690 g/mol. The quantitative estimate of drug-likeness (QED) is 0.0108. The molecule has 0 aliphatic carbocycles. The number of thiol groups is 4. The molecule has 0 aliphatic heterocycles. The van der Waals surface area contributed by atoms with Crippen molar-refractivity contribution in [1.29, 1.82) is 0 Å². The Hall–Kier alpha value is -10.4. The minimum absolute atomic E-state index is 0.0131. The zero-order valence-corrected chi connectivity index (χ0v) is 68.1. The van der Waals surface area contributed by atoms with E-state index < -0.39 is 205 Å². The number of hydrogen-bond acceptors (Lipinski definition) is 25. The summed E-state index contributed by atoms with van der Waals surface area (Å²) in [4.78, 5) is 229. The molecule has 3 rings (SSSR count). The number of amides is 14. The lowest BCUT2D eigenvalue weighted by Crippen LogP contribution is -2.61. The van der Waals surface area contributed by atoms with Crippen LogP contribution in [-0.4, -0.2) is 253 Å². The van der Waals surface area contributed by atoms with Gasteiger partial charge in [0, 0.05) is 60.7 Å². The lowest BCUT2D eigenvalue weighted by molar-refractivity contribution is -0.142. The number of aromatic hydroxyl groups is 1. The summed E-state index contributed by atoms with van der Waals surface area (Å²) in [6, 6.07) is -6.57. The Morgan fingerprint density at radius 1 is 0.470 bits per heavy atom. The molecule has 26 N–H and O–H groups in total. The number of nitrogens with two attached hydrogens (primary N) is 4. The fourth-order valence-electron chi connectivity index (χ4n) is 10.8. The van der Waals surface area contributed by atoms with Gasteiger partial charge in [-0.1, -0.05) is 70.2 Å². The van der Waals surface area contributed by atoms with Crippen LogP contribution in [0.25, 0.3) is 0 Å². The average molecular weight is 1690 g/mol. The first-order valence-electron chi connectivity index (χ1n) is 36.7. The SMILES string of the molecule is CC(C)C[C@H](NC(=O)[C@H](CS)NC(=O)[C@H](C)NC(=O)[C@H](CCCCN)NC(=O)[C@H](CC(=O)O)NC(=O)[C@H](Cc1ccc(O)cc1)NC(=O)[C@H](CCCN=C(N)N)NC(=O)CNC(=O)[C@@H](NC(=O)[C@H](CS)NC(=O)[C@H](C)NC(=O)[C@@H](N)CS)C(C)C)C(=O)N[C@@H](Cc1cnc[nH]1)C(=O)N[C@@H](Cc1ccccc1)C(=O)N[C@@H](CS)C(=O)O. The fourth-order valence-corrected chi connectivity index (χ4v) is 11.7. The minimum Gasteiger partial charge on any atom is -0.508 e. The van der Waals surface area contributed by atoms with E-state index in [2.05, 4.69) is 140 Å². The van der Waals surface area contributed by atoms with Gasteiger partial charge in [-0.3, -0.25) is 76.9 Å². The number of phenols is 1. The Morgan fingerprint density at radius 3 is 1.39 bits per heavy atom. The van der Waals surface area contributed by atoms with E-state index in [9.17, 15) is 92.0 Å². The maximum absolute atomic E-state index is 14.6. The summed E-state index contributed by atoms with van der Waals surface area (Å²) in [6.45, 7) is 8.42. The topological polar surface area (TPSA) is 647 Å². The van der Waals surface area contributed by atoms with Crippen LogP contribution < -0.4 is 97.4 Å². The van der Waals surface area contributed by atoms with Crippen molar-refractivity contribution in [3.8, 4) is 5.75 Å². The van der Waals surface area contributed by atoms with Gasteiger partial charge in [0.25, 0.3) is 0 Å². The van der Waals surface area contributed by atoms with Crippen molar-refractivity contribution in [2.75, 3.05) is 42.6 Å². The molecular weight excluding hydrogens is 1580 g/mol. The van der Waals surface area contributed by atoms with E-state index in [1.54, 1.807) is 58.0 Å². The molecule has 14 amide bonds. The summed E-state index contributed by atoms with van der Waals surface area (Å²) < 4.78 is 0. The van der Waals surface area contributed by atoms with Crippen LogP contribution in [0.15, 0.2) is 72.1 Å². The molecule has 0 bridgehead atoms. The maximum Gasteiger partial charge on any atom is 0.327 e. The number of benzene rings is 2. The van der Waals surface area contributed by atoms with E-state index in [4.69, 9.17) is 22.9 Å². The predicted octanol–water partition coefficient (Wildman–Crippen LogP) is -5.91. The zero-order valence-electron chi connectivity index (χ0n) is 64.5. The number of hydrogen-bond donors (Lipinski definition) is 26. The van der Waals surface area contributed by atoms with Gasteiger partial charge in [0.2, 0.25) is 82.7 Å². The van der Waals surface area contributed by atoms with E-state index in [1.807, 2.05) is 0 Å². The lowest BCUT2D eigenvalue weighted by Gasteiger charge is -2.28. The number of nitrogens with zero attached hydrogens (tertiary/aromatic N) is 2. The second-order valence-corrected chi connectivity index (χ2v) is 29.0. The fraction of sp³-hybridized carbons (Fsp3) is 0.549. The Kier molecular flexibility index (Phi) is 44.1. The number of aromatic nitrogens is 2. The number of aliphatic imine (C=N–C) groups is 1. The van der Waals surface area contributed by atoms with E-state index in [-0.39, 0.29) is 98.7 Å². The second-order valence-electron chi connectivity index (χ2n) is 27.6. The molecule has 0 aliphatic rings. The minimum atomic E-state index is -2.01. The summed E-state index contributed by atoms with van der Waals surface area (Å²) in [7, 11) is 0. The van der Waals surface area contributed by atoms with Gasteiger partial charge in [-0.2, -0.15) is 50.5 Å². The van der Waals surface area contributed by atoms with Gasteiger partial charge in [0.15, 0.2) is 5.96 Å². The Bertz CT molecular complexity index is 3790. The lowest BCUT2D eigenvalue weighted by atomic mass is 10.0. The Labute approximate surface area is 686 Å². The van der Waals surface area contributed by atoms with Crippen LogP contribution in [0.2, 0.25) is 0 Å². The number of phenolic OH excluding ortho intramolecular Hbond substituents is 1. The van der Waals surface area contributed by atoms with Crippen LogP contribution in [0.5, 0.6) is 5.75 Å². The first-order chi connectivity index (χ1) is 54.3. The van der Waals surface area contributed by atoms with Gasteiger partial charge >= 0.3 is 11.9 Å². The van der Waals surface area contributed by atoms with Crippen LogP contribution in [0.3, 0.4) is 0 Å². The van der Waals surface area contributed by atoms with Gasteiger partial charge in [0.1, 0.15) is 84.3 Å². The molecule has 0 saturated heterocycles. The predicted molar refractivity (Wildman–Crippen MR) is 434 cm³/mol. The van der Waals surface area contributed by atoms with Gasteiger partial charge in [-0.25, -0.2) is 9.78 Å². The van der Waals surface area contributed by atoms with E-state index >= 15 is 0 Å². The molecule has 44 heteroatoms. The average Bonchev–Trinajstić information content (AvgIpc) is 1.52. The van der Waals surface area contributed by atoms with Crippen molar-refractivity contribution in [2.45, 2.75) is 190 Å². The highest BCUT2D eigenvalue weighted by Crippen LogP contribution is 2.16. The summed E-state index contributed by atoms with van der Waals surface area (Å²) in [6.07, 6.45) is 0.880. The smallest absolute Gasteiger partial charge is 0.327 e. The van der Waals surface area contributed by atoms with Crippen LogP contribution in [0, 0.1) is 11.8 Å². The van der Waals surface area contributed by atoms with Crippen LogP contribution >= 0.6 is 50.5 Å². The van der Waals surface area contributed by atoms with Crippen molar-refractivity contribution in [3.05, 3.63) is 83.9 Å². The molecule has 115 heavy (non-hydrogen) atoms. The van der Waals surface area contributed by atoms with Gasteiger partial charge in [-0.05, 0) is 94.0 Å². The van der Waals surface area contributed by atoms with E-state index in [1.165, 1.54) is 50.6 Å². The third-order valence-corrected chi connectivity index (χ3v) is 18.7. The molecule has 2 aromatic carbocycles. The number of aromatic amines is 1. The third kappa shape index (κ3) is 36.3. The number of carboxylic acid groups (broad SMARTS) is 2. The number of unbranched alkanes of at least 4 members (excludes halogenated alkanes) is 1. The molecule has 0 radical (unpaired) electrons. The zero-order chi connectivity index (χ0) is 86.2. The first-order valence-corrected chi connectivity index (χ1v) is 39.3. The number of nitrogens with one attached hydrogen (secondary N) is 15. The molecule has 0 spiro atoms. The molecule has 0 unspecified atom stereocenters. The number of imidazole rings is 1. The second kappa shape index (κ2) is 51.4. The molecular formula is C71H109N21O19S4. The molecule has 636 valence electrons. The number of guanidine groups is 1. The normalized spacial score (nSPS) is 14.7. The Balaban J connectivity index is 1.87. The van der Waals surface area contributed by atoms with Crippen molar-refractivity contribution in [3.63, 3.8) is 0 Å². The van der Waals surface area contributed by atoms with Crippen LogP contribution in [-0.2, 0) is 96.0 Å². The summed E-state index contributed by atoms with van der Waals surface area (Å²) >= 11 is 16.4. The van der Waals surface area contributed by atoms with Gasteiger partial charge in [-0.15, -0.1) is 0 Å². The van der Waals surface area contributed by atoms with Crippen molar-refractivity contribution >= 4 is 151 Å². The largest absolute Gasteiger partial charge is 0.508 e. The number of carbonyl (C=O) groups excluding carboxylic acids is 14. The standard InChI is InChI=1S/C71H109N21O19S4/c1-35(2)23-46(62(102)87-49(26-41-28-76-34-79-41)65(105)86-47(24-39-13-8-7-9-14-39)64(104)91-53(33-115)70(110)111)84-67(107)51(31-113)89-58(98)38(6)81-60(100)45(15-10-11-21-72)83-66(106)50(27-55(95)96)88-63(103)48(25-40-17-19-42(93)20-18-40)85-61(101)44(16-12-22-77-71(74)75)82-54(94)29-78-69(109)56(36(3)4)92-68(108)52(32-114)90-57(97)37(5)80-59(99)43(73)30-112/h7-9,13-14,17-20,28,34-38,43-53,56,93,112-115H,10-12,15-16,21-27,29-33,72-73H2,1-6H3,(H,76,79)(H,78,109)(H,80,99)(H,81,100)(H,82,94)(H,83,106)(H,84,107)(H,85,101)(H,86,105)(H,87,102)(H,88,103)(H,89,98)(H,90,97)(H,91,104)(H,92,108)(H,95,96)(H,110,111)(H4,74,75,77)/t37-,38-,43-,44-,45-,46-,47-,48-,49-,50-,51-,52-,53-,56-/m0/s1. The Morgan fingerprint density at radius 2 is 0.904 bits per heavy atom. The molecule has 14 atom stereocenters. The van der Waals surface area contributed by atoms with Crippen LogP contribution in [0.1, 0.15) is 103 Å². The highest BCUT2D eigenvalue weighted by atomic mass is 32.1. The van der Waals surface area contributed by atoms with Crippen molar-refractivity contribution in [1.82, 2.24) is 84.4 Å². The van der Waals surface area contributed by atoms with Crippen molar-refractivity contribution < 1.29 is 92.0 Å². The number of rotatable bonds is 52. The molecule has 0 fully saturated rings. The number of H-pyrrole nitrogens is 1. The van der Waals surface area contributed by atoms with Gasteiger partial charge < -0.3 is 118 Å². The summed E-state index contributed by atoms with van der Waals surface area (Å²) in [5, 5.41) is 64.6.